The van der Waals surface area contributed by atoms with E-state index in [1.54, 1.807) is 0 Å². The zero-order chi connectivity index (χ0) is 25.9. The van der Waals surface area contributed by atoms with Gasteiger partial charge in [-0.1, -0.05) is 45.4 Å². The molecule has 1 saturated heterocycles. The van der Waals surface area contributed by atoms with Gasteiger partial charge >= 0.3 is 0 Å². The van der Waals surface area contributed by atoms with Crippen molar-refractivity contribution in [3.05, 3.63) is 47.3 Å². The highest BCUT2D eigenvalue weighted by Gasteiger charge is 2.39. The lowest BCUT2D eigenvalue weighted by Gasteiger charge is -2.39. The van der Waals surface area contributed by atoms with Crippen molar-refractivity contribution >= 4 is 14.4 Å². The molecule has 5 heteroatoms. The minimum absolute atomic E-state index is 0.0213. The standard InChI is InChI=1S/C30H51NO3Si/c1-24(14-13-15-25(2)23-33-29-17-10-12-21-32-29)18-19-28(34-35(7,8)30(4,5)6)26(3)22-27-16-9-11-20-31-27/h9,11,16,18,20,22,25,28-29H,10,12-15,17,19,21,23H2,1-8H3/t25-,28-,29?/m0/s1. The maximum absolute atomic E-state index is 6.89. The van der Waals surface area contributed by atoms with Crippen molar-refractivity contribution < 1.29 is 13.9 Å². The van der Waals surface area contributed by atoms with Gasteiger partial charge in [0.1, 0.15) is 0 Å². The highest BCUT2D eigenvalue weighted by molar-refractivity contribution is 6.74. The van der Waals surface area contributed by atoms with Crippen molar-refractivity contribution in [3.63, 3.8) is 0 Å². The molecule has 1 aliphatic heterocycles. The monoisotopic (exact) mass is 501 g/mol. The molecule has 35 heavy (non-hydrogen) atoms. The van der Waals surface area contributed by atoms with Gasteiger partial charge in [-0.3, -0.25) is 4.98 Å². The molecule has 0 radical (unpaired) electrons. The van der Waals surface area contributed by atoms with Crippen LogP contribution in [-0.2, 0) is 13.9 Å². The molecule has 0 spiro atoms. The summed E-state index contributed by atoms with van der Waals surface area (Å²) in [4.78, 5) is 4.49. The van der Waals surface area contributed by atoms with E-state index in [1.807, 2.05) is 18.3 Å². The number of aromatic nitrogens is 1. The summed E-state index contributed by atoms with van der Waals surface area (Å²) >= 11 is 0. The lowest BCUT2D eigenvalue weighted by Crippen LogP contribution is -2.44. The predicted octanol–water partition coefficient (Wildman–Crippen LogP) is 8.56. The Labute approximate surface area is 216 Å². The number of rotatable bonds is 13. The molecule has 0 amide bonds. The number of pyridine rings is 1. The Morgan fingerprint density at radius 2 is 2.00 bits per heavy atom. The third kappa shape index (κ3) is 11.1. The summed E-state index contributed by atoms with van der Waals surface area (Å²) in [6, 6.07) is 6.05. The molecule has 4 nitrogen and oxygen atoms in total. The van der Waals surface area contributed by atoms with E-state index in [0.29, 0.717) is 5.92 Å². The normalized spacial score (nSPS) is 20.1. The van der Waals surface area contributed by atoms with E-state index in [-0.39, 0.29) is 17.4 Å². The summed E-state index contributed by atoms with van der Waals surface area (Å²) in [5, 5.41) is 0.177. The maximum Gasteiger partial charge on any atom is 0.192 e. The van der Waals surface area contributed by atoms with Crippen LogP contribution >= 0.6 is 0 Å². The fourth-order valence-corrected chi connectivity index (χ4v) is 5.33. The zero-order valence-electron chi connectivity index (χ0n) is 23.7. The van der Waals surface area contributed by atoms with Gasteiger partial charge in [-0.15, -0.1) is 0 Å². The van der Waals surface area contributed by atoms with Crippen LogP contribution in [0.25, 0.3) is 6.08 Å². The Morgan fingerprint density at radius 3 is 2.63 bits per heavy atom. The fraction of sp³-hybridized carbons (Fsp3) is 0.700. The third-order valence-corrected chi connectivity index (χ3v) is 12.0. The summed E-state index contributed by atoms with van der Waals surface area (Å²) in [7, 11) is -1.90. The number of hydrogen-bond donors (Lipinski definition) is 0. The molecule has 2 rings (SSSR count). The lowest BCUT2D eigenvalue weighted by molar-refractivity contribution is -0.168. The summed E-state index contributed by atoms with van der Waals surface area (Å²) in [6.45, 7) is 20.0. The molecule has 0 N–H and O–H groups in total. The second kappa shape index (κ2) is 14.5. The van der Waals surface area contributed by atoms with E-state index in [0.717, 1.165) is 38.2 Å². The van der Waals surface area contributed by atoms with Crippen molar-refractivity contribution in [2.45, 2.75) is 117 Å². The molecular weight excluding hydrogens is 450 g/mol. The molecule has 0 aromatic carbocycles. The predicted molar refractivity (Wildman–Crippen MR) is 151 cm³/mol. The first kappa shape index (κ1) is 30.0. The summed E-state index contributed by atoms with van der Waals surface area (Å²) in [6.07, 6.45) is 14.4. The first-order valence-corrected chi connectivity index (χ1v) is 16.5. The number of nitrogens with zero attached hydrogens (tertiary/aromatic N) is 1. The molecular formula is C30H51NO3Si. The molecule has 1 aliphatic rings. The summed E-state index contributed by atoms with van der Waals surface area (Å²) in [5.41, 5.74) is 3.68. The quantitative estimate of drug-likeness (QED) is 0.200. The number of allylic oxidation sites excluding steroid dienone is 1. The molecule has 0 aliphatic carbocycles. The van der Waals surface area contributed by atoms with Crippen LogP contribution in [0.4, 0.5) is 0 Å². The highest BCUT2D eigenvalue weighted by Crippen LogP contribution is 2.38. The van der Waals surface area contributed by atoms with Gasteiger partial charge in [-0.25, -0.2) is 0 Å². The SMILES string of the molecule is CC(=CC[C@H](O[Si](C)(C)C(C)(C)C)C(C)=Cc1ccccn1)CCC[C@H](C)COC1CCCCO1. The van der Waals surface area contributed by atoms with Gasteiger partial charge in [-0.05, 0) is 107 Å². The largest absolute Gasteiger partial charge is 0.410 e. The van der Waals surface area contributed by atoms with Crippen LogP contribution in [0.5, 0.6) is 0 Å². The van der Waals surface area contributed by atoms with Crippen molar-refractivity contribution in [3.8, 4) is 0 Å². The van der Waals surface area contributed by atoms with Gasteiger partial charge in [0, 0.05) is 12.8 Å². The van der Waals surface area contributed by atoms with Crippen LogP contribution in [0, 0.1) is 5.92 Å². The maximum atomic E-state index is 6.89. The van der Waals surface area contributed by atoms with Gasteiger partial charge in [0.05, 0.1) is 18.4 Å². The molecule has 2 heterocycles. The van der Waals surface area contributed by atoms with Crippen LogP contribution in [-0.4, -0.2) is 38.9 Å². The second-order valence-electron chi connectivity index (χ2n) is 11.9. The Morgan fingerprint density at radius 1 is 1.23 bits per heavy atom. The van der Waals surface area contributed by atoms with Crippen LogP contribution in [0.3, 0.4) is 0 Å². The molecule has 0 bridgehead atoms. The molecule has 0 saturated carbocycles. The molecule has 1 aromatic heterocycles. The lowest BCUT2D eigenvalue weighted by atomic mass is 10.0. The molecule has 3 atom stereocenters. The van der Waals surface area contributed by atoms with Gasteiger partial charge in [-0.2, -0.15) is 0 Å². The van der Waals surface area contributed by atoms with E-state index in [4.69, 9.17) is 13.9 Å². The second-order valence-corrected chi connectivity index (χ2v) is 16.7. The summed E-state index contributed by atoms with van der Waals surface area (Å²) in [5.74, 6) is 0.562. The number of ether oxygens (including phenoxy) is 2. The molecule has 1 aromatic rings. The smallest absolute Gasteiger partial charge is 0.192 e. The fourth-order valence-electron chi connectivity index (χ4n) is 3.98. The first-order chi connectivity index (χ1) is 16.5. The van der Waals surface area contributed by atoms with Crippen molar-refractivity contribution in [2.75, 3.05) is 13.2 Å². The van der Waals surface area contributed by atoms with Gasteiger partial charge in [0.2, 0.25) is 0 Å². The van der Waals surface area contributed by atoms with Crippen molar-refractivity contribution in [2.24, 2.45) is 5.92 Å². The minimum Gasteiger partial charge on any atom is -0.410 e. The molecule has 1 fully saturated rings. The molecule has 198 valence electrons. The van der Waals surface area contributed by atoms with Gasteiger partial charge in [0.15, 0.2) is 14.6 Å². The Hall–Kier alpha value is -1.27. The van der Waals surface area contributed by atoms with E-state index < -0.39 is 8.32 Å². The third-order valence-electron chi connectivity index (χ3n) is 7.47. The minimum atomic E-state index is -1.90. The van der Waals surface area contributed by atoms with Crippen LogP contribution in [0.2, 0.25) is 18.1 Å². The Balaban J connectivity index is 1.91. The van der Waals surface area contributed by atoms with E-state index >= 15 is 0 Å². The number of hydrogen-bond acceptors (Lipinski definition) is 4. The Bertz CT molecular complexity index is 792. The Kier molecular flexibility index (Phi) is 12.4. The molecule has 1 unspecified atom stereocenters. The average Bonchev–Trinajstić information content (AvgIpc) is 2.81. The first-order valence-electron chi connectivity index (χ1n) is 13.6. The van der Waals surface area contributed by atoms with Gasteiger partial charge < -0.3 is 13.9 Å². The van der Waals surface area contributed by atoms with E-state index in [9.17, 15) is 0 Å². The van der Waals surface area contributed by atoms with Gasteiger partial charge in [0.25, 0.3) is 0 Å². The van der Waals surface area contributed by atoms with Crippen molar-refractivity contribution in [1.82, 2.24) is 4.98 Å². The van der Waals surface area contributed by atoms with Crippen LogP contribution in [0.1, 0.15) is 92.2 Å². The van der Waals surface area contributed by atoms with Crippen LogP contribution < -0.4 is 0 Å². The zero-order valence-corrected chi connectivity index (χ0v) is 24.7. The van der Waals surface area contributed by atoms with E-state index in [2.05, 4.69) is 77.8 Å². The van der Waals surface area contributed by atoms with Crippen LogP contribution in [0.15, 0.2) is 41.6 Å². The highest BCUT2D eigenvalue weighted by atomic mass is 28.4. The topological polar surface area (TPSA) is 40.6 Å². The summed E-state index contributed by atoms with van der Waals surface area (Å²) < 4.78 is 18.5. The van der Waals surface area contributed by atoms with E-state index in [1.165, 1.54) is 36.8 Å². The average molecular weight is 502 g/mol. The van der Waals surface area contributed by atoms with Crippen molar-refractivity contribution in [1.29, 1.82) is 0 Å².